The van der Waals surface area contributed by atoms with E-state index in [4.69, 9.17) is 0 Å². The highest BCUT2D eigenvalue weighted by molar-refractivity contribution is 7.99. The molecule has 0 aliphatic heterocycles. The topological polar surface area (TPSA) is 79.8 Å². The summed E-state index contributed by atoms with van der Waals surface area (Å²) in [6.45, 7) is 6.19. The minimum atomic E-state index is -4.52. The van der Waals surface area contributed by atoms with Gasteiger partial charge in [0, 0.05) is 32.4 Å². The first-order valence-electron chi connectivity index (χ1n) is 12.8. The van der Waals surface area contributed by atoms with Crippen LogP contribution in [0.2, 0.25) is 0 Å². The molecule has 0 fully saturated rings. The number of hydrogen-bond acceptors (Lipinski definition) is 6. The zero-order valence-electron chi connectivity index (χ0n) is 22.5. The molecule has 10 heteroatoms. The molecular weight excluding hydrogens is 547 g/mol. The highest BCUT2D eigenvalue weighted by atomic mass is 32.2. The Morgan fingerprint density at radius 1 is 0.902 bits per heavy atom. The van der Waals surface area contributed by atoms with Gasteiger partial charge in [0.25, 0.3) is 5.91 Å². The number of nitrogens with one attached hydrogen (secondary N) is 2. The first-order chi connectivity index (χ1) is 19.6. The summed E-state index contributed by atoms with van der Waals surface area (Å²) in [6, 6.07) is 21.5. The van der Waals surface area contributed by atoms with Crippen LogP contribution in [0.5, 0.6) is 0 Å². The number of pyridine rings is 1. The van der Waals surface area contributed by atoms with Gasteiger partial charge in [-0.25, -0.2) is 15.0 Å². The molecule has 41 heavy (non-hydrogen) atoms. The van der Waals surface area contributed by atoms with E-state index in [2.05, 4.69) is 39.4 Å². The molecule has 2 aromatic heterocycles. The van der Waals surface area contributed by atoms with Gasteiger partial charge >= 0.3 is 6.18 Å². The summed E-state index contributed by atoms with van der Waals surface area (Å²) in [5.74, 6) is 0.352. The molecule has 2 N–H and O–H groups in total. The normalized spacial score (nSPS) is 11.6. The van der Waals surface area contributed by atoms with Crippen LogP contribution in [0.25, 0.3) is 11.0 Å². The van der Waals surface area contributed by atoms with Gasteiger partial charge in [0.2, 0.25) is 0 Å². The first-order valence-corrected chi connectivity index (χ1v) is 13.6. The number of carbonyl (C=O) groups is 1. The van der Waals surface area contributed by atoms with Gasteiger partial charge in [0.1, 0.15) is 12.1 Å². The Kier molecular flexibility index (Phi) is 7.94. The lowest BCUT2D eigenvalue weighted by Gasteiger charge is -2.13. The van der Waals surface area contributed by atoms with Gasteiger partial charge in [0.15, 0.2) is 5.65 Å². The Morgan fingerprint density at radius 3 is 2.39 bits per heavy atom. The zero-order valence-corrected chi connectivity index (χ0v) is 23.3. The van der Waals surface area contributed by atoms with E-state index in [1.807, 2.05) is 49.4 Å². The maximum Gasteiger partial charge on any atom is 0.416 e. The molecule has 0 unspecified atom stereocenters. The molecule has 0 aliphatic rings. The Hall–Kier alpha value is -4.44. The monoisotopic (exact) mass is 573 g/mol. The van der Waals surface area contributed by atoms with Crippen LogP contribution in [0.4, 0.5) is 30.4 Å². The van der Waals surface area contributed by atoms with Gasteiger partial charge in [-0.05, 0) is 85.1 Å². The standard InChI is InChI=1S/C31H26F3N5OS/c1-18(2)26-14-13-25-28(38-26)35-17-36-29(25)39-27-16-24(10-7-19(27)3)41-23-11-8-22(9-12-23)37-30(40)20-5-4-6-21(15-20)31(32,33)34/h4-18H,1-3H3,(H,37,40)(H,35,36,38,39). The smallest absolute Gasteiger partial charge is 0.339 e. The Balaban J connectivity index is 1.29. The summed E-state index contributed by atoms with van der Waals surface area (Å²) in [7, 11) is 0. The predicted octanol–water partition coefficient (Wildman–Crippen LogP) is 8.62. The number of nitrogens with zero attached hydrogens (tertiary/aromatic N) is 3. The maximum absolute atomic E-state index is 13.0. The van der Waals surface area contributed by atoms with Gasteiger partial charge in [-0.3, -0.25) is 4.79 Å². The number of aryl methyl sites for hydroxylation is 1. The number of anilines is 3. The van der Waals surface area contributed by atoms with Crippen molar-refractivity contribution in [3.63, 3.8) is 0 Å². The largest absolute Gasteiger partial charge is 0.416 e. The van der Waals surface area contributed by atoms with Crippen molar-refractivity contribution in [2.24, 2.45) is 0 Å². The van der Waals surface area contributed by atoms with Crippen molar-refractivity contribution < 1.29 is 18.0 Å². The summed E-state index contributed by atoms with van der Waals surface area (Å²) in [5.41, 5.74) is 3.09. The van der Waals surface area contributed by atoms with Gasteiger partial charge < -0.3 is 10.6 Å². The van der Waals surface area contributed by atoms with E-state index in [0.29, 0.717) is 23.1 Å². The van der Waals surface area contributed by atoms with E-state index in [1.54, 1.807) is 12.1 Å². The number of benzene rings is 3. The molecule has 0 aliphatic carbocycles. The van der Waals surface area contributed by atoms with E-state index in [9.17, 15) is 18.0 Å². The molecule has 0 bridgehead atoms. The van der Waals surface area contributed by atoms with Crippen LogP contribution in [0.15, 0.2) is 95.0 Å². The average Bonchev–Trinajstić information content (AvgIpc) is 2.95. The number of aromatic nitrogens is 3. The van der Waals surface area contributed by atoms with E-state index < -0.39 is 17.6 Å². The maximum atomic E-state index is 13.0. The minimum Gasteiger partial charge on any atom is -0.339 e. The number of carbonyl (C=O) groups excluding carboxylic acids is 1. The Labute approximate surface area is 239 Å². The van der Waals surface area contributed by atoms with Crippen LogP contribution < -0.4 is 10.6 Å². The van der Waals surface area contributed by atoms with Crippen molar-refractivity contribution in [3.8, 4) is 0 Å². The molecule has 5 aromatic rings. The van der Waals surface area contributed by atoms with Gasteiger partial charge in [0.05, 0.1) is 10.9 Å². The molecule has 5 rings (SSSR count). The van der Waals surface area contributed by atoms with Crippen molar-refractivity contribution in [1.82, 2.24) is 15.0 Å². The van der Waals surface area contributed by atoms with E-state index in [-0.39, 0.29) is 5.56 Å². The second-order valence-electron chi connectivity index (χ2n) is 9.75. The quantitative estimate of drug-likeness (QED) is 0.203. The van der Waals surface area contributed by atoms with Crippen molar-refractivity contribution in [2.45, 2.75) is 42.7 Å². The predicted molar refractivity (Wildman–Crippen MR) is 156 cm³/mol. The van der Waals surface area contributed by atoms with E-state index >= 15 is 0 Å². The molecule has 1 amide bonds. The molecule has 0 atom stereocenters. The third-order valence-corrected chi connectivity index (χ3v) is 7.37. The fraction of sp³-hybridized carbons (Fsp3) is 0.161. The van der Waals surface area contributed by atoms with Crippen molar-refractivity contribution >= 4 is 45.9 Å². The third-order valence-electron chi connectivity index (χ3n) is 6.37. The lowest BCUT2D eigenvalue weighted by molar-refractivity contribution is -0.137. The van der Waals surface area contributed by atoms with E-state index in [1.165, 1.54) is 30.2 Å². The SMILES string of the molecule is Cc1ccc(Sc2ccc(NC(=O)c3cccc(C(F)(F)F)c3)cc2)cc1Nc1ncnc2nc(C(C)C)ccc12. The van der Waals surface area contributed by atoms with Gasteiger partial charge in [-0.2, -0.15) is 13.2 Å². The van der Waals surface area contributed by atoms with Gasteiger partial charge in [-0.15, -0.1) is 0 Å². The summed E-state index contributed by atoms with van der Waals surface area (Å²) in [4.78, 5) is 27.9. The average molecular weight is 574 g/mol. The van der Waals surface area contributed by atoms with Gasteiger partial charge in [-0.1, -0.05) is 37.7 Å². The molecule has 0 spiro atoms. The number of halogens is 3. The molecule has 0 radical (unpaired) electrons. The van der Waals surface area contributed by atoms with Crippen molar-refractivity contribution in [1.29, 1.82) is 0 Å². The molecule has 6 nitrogen and oxygen atoms in total. The van der Waals surface area contributed by atoms with Crippen LogP contribution in [0.1, 0.15) is 46.9 Å². The second-order valence-corrected chi connectivity index (χ2v) is 10.9. The van der Waals surface area contributed by atoms with Crippen LogP contribution in [0.3, 0.4) is 0 Å². The highest BCUT2D eigenvalue weighted by Crippen LogP contribution is 2.34. The Morgan fingerprint density at radius 2 is 1.66 bits per heavy atom. The molecule has 0 saturated carbocycles. The number of alkyl halides is 3. The summed E-state index contributed by atoms with van der Waals surface area (Å²) >= 11 is 1.54. The molecular formula is C31H26F3N5OS. The second kappa shape index (κ2) is 11.6. The van der Waals surface area contributed by atoms with Crippen molar-refractivity contribution in [2.75, 3.05) is 10.6 Å². The summed E-state index contributed by atoms with van der Waals surface area (Å²) in [6.07, 6.45) is -3.01. The molecule has 3 aromatic carbocycles. The third kappa shape index (κ3) is 6.66. The molecule has 208 valence electrons. The number of rotatable bonds is 7. The van der Waals surface area contributed by atoms with Crippen LogP contribution in [0, 0.1) is 6.92 Å². The van der Waals surface area contributed by atoms with Crippen LogP contribution in [-0.4, -0.2) is 20.9 Å². The number of fused-ring (bicyclic) bond motifs is 1. The fourth-order valence-corrected chi connectivity index (χ4v) is 4.94. The lowest BCUT2D eigenvalue weighted by Crippen LogP contribution is -2.13. The van der Waals surface area contributed by atoms with Crippen molar-refractivity contribution in [3.05, 3.63) is 108 Å². The first kappa shape index (κ1) is 28.1. The lowest BCUT2D eigenvalue weighted by atomic mass is 10.1. The summed E-state index contributed by atoms with van der Waals surface area (Å²) < 4.78 is 39.0. The Bertz CT molecular complexity index is 1720. The molecule has 2 heterocycles. The molecule has 0 saturated heterocycles. The highest BCUT2D eigenvalue weighted by Gasteiger charge is 2.30. The van der Waals surface area contributed by atoms with Crippen LogP contribution >= 0.6 is 11.8 Å². The summed E-state index contributed by atoms with van der Waals surface area (Å²) in [5, 5.41) is 6.91. The number of amides is 1. The van der Waals surface area contributed by atoms with E-state index in [0.717, 1.165) is 44.3 Å². The zero-order chi connectivity index (χ0) is 29.1. The minimum absolute atomic E-state index is 0.0643. The fourth-order valence-electron chi connectivity index (χ4n) is 4.09. The van der Waals surface area contributed by atoms with Crippen LogP contribution in [-0.2, 0) is 6.18 Å². The number of hydrogen-bond donors (Lipinski definition) is 2.